The lowest BCUT2D eigenvalue weighted by Gasteiger charge is -2.17. The highest BCUT2D eigenvalue weighted by Crippen LogP contribution is 2.24. The van der Waals surface area contributed by atoms with E-state index in [2.05, 4.69) is 25.9 Å². The van der Waals surface area contributed by atoms with Crippen LogP contribution in [0, 0.1) is 0 Å². The average molecular weight is 357 g/mol. The molecule has 8 heteroatoms. The Labute approximate surface area is 125 Å². The van der Waals surface area contributed by atoms with Crippen molar-refractivity contribution in [2.24, 2.45) is 0 Å². The van der Waals surface area contributed by atoms with Gasteiger partial charge in [0.25, 0.3) is 0 Å². The molecule has 0 spiro atoms. The minimum absolute atomic E-state index is 0.0229. The number of pyridine rings is 2. The van der Waals surface area contributed by atoms with Crippen LogP contribution in [0.4, 0.5) is 5.82 Å². The molecule has 2 aromatic heterocycles. The second-order valence-electron chi connectivity index (χ2n) is 4.12. The highest BCUT2D eigenvalue weighted by Gasteiger charge is 2.24. The molecule has 0 amide bonds. The van der Waals surface area contributed by atoms with Crippen LogP contribution in [-0.4, -0.2) is 29.7 Å². The Balaban J connectivity index is 2.32. The molecular weight excluding hydrogens is 344 g/mol. The van der Waals surface area contributed by atoms with Crippen LogP contribution in [0.3, 0.4) is 0 Å². The largest absolute Gasteiger partial charge is 0.383 e. The summed E-state index contributed by atoms with van der Waals surface area (Å²) in [6.07, 6.45) is 3.07. The highest BCUT2D eigenvalue weighted by atomic mass is 79.9. The second kappa shape index (κ2) is 5.86. The highest BCUT2D eigenvalue weighted by molar-refractivity contribution is 9.10. The minimum Gasteiger partial charge on any atom is -0.383 e. The lowest BCUT2D eigenvalue weighted by Crippen LogP contribution is -2.27. The number of nitrogen functional groups attached to an aromatic ring is 1. The standard InChI is InChI=1S/C12H13BrN4O2S/c1-17(8-10-4-2-3-5-15-10)20(18,19)11-6-9(13)7-16-12(11)14/h2-7H,8H2,1H3,(H2,14,16). The van der Waals surface area contributed by atoms with Gasteiger partial charge < -0.3 is 5.73 Å². The molecule has 2 rings (SSSR count). The first kappa shape index (κ1) is 14.9. The molecule has 6 nitrogen and oxygen atoms in total. The number of hydrogen-bond donors (Lipinski definition) is 1. The summed E-state index contributed by atoms with van der Waals surface area (Å²) < 4.78 is 26.7. The van der Waals surface area contributed by atoms with E-state index in [1.165, 1.54) is 23.6 Å². The normalized spacial score (nSPS) is 11.8. The molecule has 2 aromatic rings. The van der Waals surface area contributed by atoms with Gasteiger partial charge in [0.15, 0.2) is 0 Å². The van der Waals surface area contributed by atoms with Crippen LogP contribution in [-0.2, 0) is 16.6 Å². The smallest absolute Gasteiger partial charge is 0.246 e. The van der Waals surface area contributed by atoms with Gasteiger partial charge in [-0.1, -0.05) is 6.07 Å². The molecule has 0 fully saturated rings. The van der Waals surface area contributed by atoms with Gasteiger partial charge in [-0.2, -0.15) is 4.31 Å². The lowest BCUT2D eigenvalue weighted by molar-refractivity contribution is 0.462. The van der Waals surface area contributed by atoms with Gasteiger partial charge in [-0.3, -0.25) is 4.98 Å². The molecule has 0 unspecified atom stereocenters. The Morgan fingerprint density at radius 2 is 2.10 bits per heavy atom. The zero-order chi connectivity index (χ0) is 14.8. The minimum atomic E-state index is -3.71. The van der Waals surface area contributed by atoms with Gasteiger partial charge in [0.05, 0.1) is 12.2 Å². The van der Waals surface area contributed by atoms with E-state index in [1.807, 2.05) is 0 Å². The fraction of sp³-hybridized carbons (Fsp3) is 0.167. The van der Waals surface area contributed by atoms with E-state index < -0.39 is 10.0 Å². The summed E-state index contributed by atoms with van der Waals surface area (Å²) >= 11 is 3.19. The number of hydrogen-bond acceptors (Lipinski definition) is 5. The summed E-state index contributed by atoms with van der Waals surface area (Å²) in [5, 5.41) is 0. The van der Waals surface area contributed by atoms with Crippen LogP contribution in [0.25, 0.3) is 0 Å². The number of nitrogens with two attached hydrogens (primary N) is 1. The van der Waals surface area contributed by atoms with Gasteiger partial charge in [-0.15, -0.1) is 0 Å². The molecule has 0 aromatic carbocycles. The monoisotopic (exact) mass is 356 g/mol. The first-order valence-electron chi connectivity index (χ1n) is 5.68. The molecule has 2 N–H and O–H groups in total. The van der Waals surface area contributed by atoms with Gasteiger partial charge in [0.1, 0.15) is 10.7 Å². The second-order valence-corrected chi connectivity index (χ2v) is 7.05. The van der Waals surface area contributed by atoms with Gasteiger partial charge >= 0.3 is 0 Å². The van der Waals surface area contributed by atoms with E-state index >= 15 is 0 Å². The fourth-order valence-corrected chi connectivity index (χ4v) is 3.32. The van der Waals surface area contributed by atoms with Crippen LogP contribution in [0.5, 0.6) is 0 Å². The summed E-state index contributed by atoms with van der Waals surface area (Å²) in [5.74, 6) is -0.0268. The number of sulfonamides is 1. The summed E-state index contributed by atoms with van der Waals surface area (Å²) in [4.78, 5) is 7.92. The van der Waals surface area contributed by atoms with Crippen molar-refractivity contribution in [1.29, 1.82) is 0 Å². The summed E-state index contributed by atoms with van der Waals surface area (Å²) in [6.45, 7) is 0.162. The third-order valence-corrected chi connectivity index (χ3v) is 4.91. The predicted octanol–water partition coefficient (Wildman–Crippen LogP) is 1.64. The van der Waals surface area contributed by atoms with Gasteiger partial charge in [0.2, 0.25) is 10.0 Å². The van der Waals surface area contributed by atoms with Gasteiger partial charge in [-0.05, 0) is 34.1 Å². The lowest BCUT2D eigenvalue weighted by atomic mass is 10.3. The summed E-state index contributed by atoms with van der Waals surface area (Å²) in [7, 11) is -2.24. The molecule has 0 aliphatic carbocycles. The first-order chi connectivity index (χ1) is 9.41. The molecule has 0 radical (unpaired) electrons. The molecule has 0 atom stereocenters. The maximum Gasteiger partial charge on any atom is 0.246 e. The van der Waals surface area contributed by atoms with E-state index in [-0.39, 0.29) is 17.3 Å². The Morgan fingerprint density at radius 1 is 1.35 bits per heavy atom. The van der Waals surface area contributed by atoms with Gasteiger partial charge in [0, 0.05) is 23.9 Å². The van der Waals surface area contributed by atoms with Crippen molar-refractivity contribution in [3.63, 3.8) is 0 Å². The maximum absolute atomic E-state index is 12.5. The number of halogens is 1. The van der Waals surface area contributed by atoms with Crippen molar-refractivity contribution in [3.05, 3.63) is 46.8 Å². The first-order valence-corrected chi connectivity index (χ1v) is 7.92. The van der Waals surface area contributed by atoms with Crippen molar-refractivity contribution in [3.8, 4) is 0 Å². The number of aromatic nitrogens is 2. The molecule has 2 heterocycles. The Hall–Kier alpha value is -1.51. The average Bonchev–Trinajstić information content (AvgIpc) is 2.42. The molecule has 106 valence electrons. The third-order valence-electron chi connectivity index (χ3n) is 2.65. The Bertz CT molecular complexity index is 707. The van der Waals surface area contributed by atoms with E-state index in [9.17, 15) is 8.42 Å². The number of anilines is 1. The molecule has 0 aliphatic heterocycles. The van der Waals surface area contributed by atoms with Crippen LogP contribution in [0.15, 0.2) is 46.0 Å². The van der Waals surface area contributed by atoms with Crippen molar-refractivity contribution < 1.29 is 8.42 Å². The molecule has 0 saturated heterocycles. The van der Waals surface area contributed by atoms with E-state index in [0.29, 0.717) is 10.2 Å². The molecule has 20 heavy (non-hydrogen) atoms. The van der Waals surface area contributed by atoms with Crippen LogP contribution >= 0.6 is 15.9 Å². The predicted molar refractivity (Wildman–Crippen MR) is 79.2 cm³/mol. The zero-order valence-corrected chi connectivity index (χ0v) is 13.1. The van der Waals surface area contributed by atoms with Crippen LogP contribution < -0.4 is 5.73 Å². The van der Waals surface area contributed by atoms with Crippen molar-refractivity contribution in [1.82, 2.24) is 14.3 Å². The van der Waals surface area contributed by atoms with Crippen LogP contribution in [0.1, 0.15) is 5.69 Å². The molecule has 0 saturated carbocycles. The fourth-order valence-electron chi connectivity index (χ4n) is 1.61. The van der Waals surface area contributed by atoms with E-state index in [0.717, 1.165) is 0 Å². The Morgan fingerprint density at radius 3 is 2.75 bits per heavy atom. The quantitative estimate of drug-likeness (QED) is 0.899. The van der Waals surface area contributed by atoms with Crippen LogP contribution in [0.2, 0.25) is 0 Å². The van der Waals surface area contributed by atoms with Crippen molar-refractivity contribution in [2.75, 3.05) is 12.8 Å². The van der Waals surface area contributed by atoms with E-state index in [4.69, 9.17) is 5.73 Å². The molecule has 0 bridgehead atoms. The maximum atomic E-state index is 12.5. The van der Waals surface area contributed by atoms with Crippen molar-refractivity contribution in [2.45, 2.75) is 11.4 Å². The topological polar surface area (TPSA) is 89.2 Å². The molecule has 0 aliphatic rings. The number of nitrogens with zero attached hydrogens (tertiary/aromatic N) is 3. The zero-order valence-electron chi connectivity index (χ0n) is 10.7. The SMILES string of the molecule is CN(Cc1ccccn1)S(=O)(=O)c1cc(Br)cnc1N. The summed E-state index contributed by atoms with van der Waals surface area (Å²) in [6, 6.07) is 6.77. The van der Waals surface area contributed by atoms with E-state index in [1.54, 1.807) is 24.4 Å². The van der Waals surface area contributed by atoms with Crippen molar-refractivity contribution >= 4 is 31.8 Å². The third kappa shape index (κ3) is 3.14. The Kier molecular flexibility index (Phi) is 4.36. The molecular formula is C12H13BrN4O2S. The van der Waals surface area contributed by atoms with Gasteiger partial charge in [-0.25, -0.2) is 13.4 Å². The number of rotatable bonds is 4. The summed E-state index contributed by atoms with van der Waals surface area (Å²) in [5.41, 5.74) is 6.31.